The molecule has 2 rings (SSSR count). The van der Waals surface area contributed by atoms with Gasteiger partial charge in [-0.1, -0.05) is 18.2 Å². The van der Waals surface area contributed by atoms with Crippen LogP contribution in [0, 0.1) is 6.92 Å². The monoisotopic (exact) mass is 276 g/mol. The molecule has 1 aromatic heterocycles. The molecule has 0 saturated carbocycles. The van der Waals surface area contributed by atoms with Crippen molar-refractivity contribution in [1.82, 2.24) is 4.98 Å². The maximum atomic E-state index is 12.1. The maximum Gasteiger partial charge on any atom is 0.267 e. The summed E-state index contributed by atoms with van der Waals surface area (Å²) in [6.07, 6.45) is 0. The van der Waals surface area contributed by atoms with E-state index in [9.17, 15) is 4.79 Å². The molecule has 0 bridgehead atoms. The van der Waals surface area contributed by atoms with Crippen molar-refractivity contribution in [3.05, 3.63) is 45.9 Å². The molecule has 0 saturated heterocycles. The van der Waals surface area contributed by atoms with Crippen molar-refractivity contribution >= 4 is 22.9 Å². The van der Waals surface area contributed by atoms with E-state index in [0.717, 1.165) is 16.9 Å². The van der Waals surface area contributed by atoms with E-state index in [1.807, 2.05) is 38.1 Å². The Bertz CT molecular complexity index is 566. The van der Waals surface area contributed by atoms with Crippen molar-refractivity contribution in [2.75, 3.05) is 11.9 Å². The van der Waals surface area contributed by atoms with Crippen LogP contribution in [-0.2, 0) is 11.3 Å². The highest BCUT2D eigenvalue weighted by Gasteiger charge is 2.13. The number of hydrogen-bond acceptors (Lipinski definition) is 4. The molecule has 0 atom stereocenters. The van der Waals surface area contributed by atoms with Crippen LogP contribution in [-0.4, -0.2) is 17.5 Å². The number of carbonyl (C=O) groups is 1. The Kier molecular flexibility index (Phi) is 4.65. The van der Waals surface area contributed by atoms with E-state index in [-0.39, 0.29) is 5.91 Å². The third-order valence-electron chi connectivity index (χ3n) is 2.68. The van der Waals surface area contributed by atoms with Crippen molar-refractivity contribution in [2.45, 2.75) is 20.5 Å². The first-order valence-corrected chi connectivity index (χ1v) is 6.97. The van der Waals surface area contributed by atoms with Gasteiger partial charge in [-0.15, -0.1) is 11.3 Å². The lowest BCUT2D eigenvalue weighted by atomic mass is 10.2. The van der Waals surface area contributed by atoms with Crippen molar-refractivity contribution in [3.8, 4) is 0 Å². The highest BCUT2D eigenvalue weighted by Crippen LogP contribution is 2.19. The number of nitrogens with one attached hydrogen (secondary N) is 1. The summed E-state index contributed by atoms with van der Waals surface area (Å²) in [7, 11) is 0. The average molecular weight is 276 g/mol. The molecule has 1 aromatic carbocycles. The van der Waals surface area contributed by atoms with E-state index in [1.165, 1.54) is 11.3 Å². The summed E-state index contributed by atoms with van der Waals surface area (Å²) < 4.78 is 5.40. The normalized spacial score (nSPS) is 10.4. The fraction of sp³-hybridized carbons (Fsp3) is 0.286. The Morgan fingerprint density at radius 2 is 2.21 bits per heavy atom. The van der Waals surface area contributed by atoms with E-state index >= 15 is 0 Å². The Balaban J connectivity index is 2.15. The second kappa shape index (κ2) is 6.45. The zero-order chi connectivity index (χ0) is 13.7. The Labute approximate surface area is 116 Å². The Morgan fingerprint density at radius 1 is 1.42 bits per heavy atom. The molecule has 2 aromatic rings. The number of para-hydroxylation sites is 1. The van der Waals surface area contributed by atoms with Crippen molar-refractivity contribution < 1.29 is 9.53 Å². The molecule has 5 heteroatoms. The number of anilines is 1. The Morgan fingerprint density at radius 3 is 2.89 bits per heavy atom. The van der Waals surface area contributed by atoms with Gasteiger partial charge in [0.1, 0.15) is 4.88 Å². The number of aryl methyl sites for hydroxylation is 1. The van der Waals surface area contributed by atoms with Crippen LogP contribution >= 0.6 is 11.3 Å². The average Bonchev–Trinajstić information content (AvgIpc) is 2.84. The first-order valence-electron chi connectivity index (χ1n) is 6.09. The summed E-state index contributed by atoms with van der Waals surface area (Å²) in [4.78, 5) is 16.9. The quantitative estimate of drug-likeness (QED) is 0.912. The van der Waals surface area contributed by atoms with Gasteiger partial charge < -0.3 is 10.1 Å². The standard InChI is InChI=1S/C14H16N2O2S/c1-3-18-8-11-6-4-5-7-12(11)16-14(17)13-10(2)15-9-19-13/h4-7,9H,3,8H2,1-2H3,(H,16,17). The number of aromatic nitrogens is 1. The number of ether oxygens (including phenoxy) is 1. The predicted octanol–water partition coefficient (Wildman–Crippen LogP) is 3.24. The summed E-state index contributed by atoms with van der Waals surface area (Å²) in [6, 6.07) is 7.65. The highest BCUT2D eigenvalue weighted by atomic mass is 32.1. The first kappa shape index (κ1) is 13.7. The van der Waals surface area contributed by atoms with Crippen molar-refractivity contribution in [2.24, 2.45) is 0 Å². The van der Waals surface area contributed by atoms with Gasteiger partial charge in [-0.05, 0) is 19.9 Å². The van der Waals surface area contributed by atoms with Gasteiger partial charge in [-0.25, -0.2) is 4.98 Å². The molecule has 0 radical (unpaired) electrons. The summed E-state index contributed by atoms with van der Waals surface area (Å²) in [6.45, 7) is 4.92. The molecule has 0 aliphatic rings. The summed E-state index contributed by atoms with van der Waals surface area (Å²) in [5.41, 5.74) is 4.19. The molecular formula is C14H16N2O2S. The maximum absolute atomic E-state index is 12.1. The van der Waals surface area contributed by atoms with Crippen LogP contribution in [0.4, 0.5) is 5.69 Å². The number of amides is 1. The minimum absolute atomic E-state index is 0.121. The molecule has 0 aliphatic heterocycles. The van der Waals surface area contributed by atoms with Gasteiger partial charge in [0.05, 0.1) is 17.8 Å². The number of carbonyl (C=O) groups excluding carboxylic acids is 1. The SMILES string of the molecule is CCOCc1ccccc1NC(=O)c1scnc1C. The van der Waals surface area contributed by atoms with E-state index in [4.69, 9.17) is 4.74 Å². The summed E-state index contributed by atoms with van der Waals surface area (Å²) >= 11 is 1.35. The van der Waals surface area contributed by atoms with E-state index in [1.54, 1.807) is 5.51 Å². The first-order chi connectivity index (χ1) is 9.22. The van der Waals surface area contributed by atoms with E-state index in [2.05, 4.69) is 10.3 Å². The molecule has 100 valence electrons. The fourth-order valence-electron chi connectivity index (χ4n) is 1.68. The fourth-order valence-corrected chi connectivity index (χ4v) is 2.38. The molecule has 4 nitrogen and oxygen atoms in total. The molecule has 19 heavy (non-hydrogen) atoms. The van der Waals surface area contributed by atoms with Gasteiger partial charge in [0.25, 0.3) is 5.91 Å². The molecule has 1 amide bonds. The topological polar surface area (TPSA) is 51.2 Å². The molecule has 0 spiro atoms. The third-order valence-corrected chi connectivity index (χ3v) is 3.61. The second-order valence-electron chi connectivity index (χ2n) is 4.02. The number of nitrogens with zero attached hydrogens (tertiary/aromatic N) is 1. The molecule has 0 aliphatic carbocycles. The highest BCUT2D eigenvalue weighted by molar-refractivity contribution is 7.12. The lowest BCUT2D eigenvalue weighted by Crippen LogP contribution is -2.13. The van der Waals surface area contributed by atoms with Gasteiger partial charge in [0.2, 0.25) is 0 Å². The largest absolute Gasteiger partial charge is 0.377 e. The number of rotatable bonds is 5. The van der Waals surface area contributed by atoms with E-state index in [0.29, 0.717) is 18.1 Å². The zero-order valence-corrected chi connectivity index (χ0v) is 11.8. The van der Waals surface area contributed by atoms with Crippen LogP contribution in [0.1, 0.15) is 27.9 Å². The molecule has 1 heterocycles. The van der Waals surface area contributed by atoms with Crippen LogP contribution in [0.5, 0.6) is 0 Å². The van der Waals surface area contributed by atoms with Gasteiger partial charge in [0, 0.05) is 17.9 Å². The van der Waals surface area contributed by atoms with Crippen molar-refractivity contribution in [1.29, 1.82) is 0 Å². The third kappa shape index (κ3) is 3.39. The summed E-state index contributed by atoms with van der Waals surface area (Å²) in [5.74, 6) is -0.121. The minimum Gasteiger partial charge on any atom is -0.377 e. The number of benzene rings is 1. The smallest absolute Gasteiger partial charge is 0.267 e. The predicted molar refractivity (Wildman–Crippen MR) is 76.6 cm³/mol. The van der Waals surface area contributed by atoms with Crippen LogP contribution in [0.25, 0.3) is 0 Å². The van der Waals surface area contributed by atoms with Gasteiger partial charge >= 0.3 is 0 Å². The van der Waals surface area contributed by atoms with Gasteiger partial charge in [-0.3, -0.25) is 4.79 Å². The minimum atomic E-state index is -0.121. The summed E-state index contributed by atoms with van der Waals surface area (Å²) in [5, 5.41) is 2.91. The van der Waals surface area contributed by atoms with Gasteiger partial charge in [-0.2, -0.15) is 0 Å². The van der Waals surface area contributed by atoms with E-state index < -0.39 is 0 Å². The second-order valence-corrected chi connectivity index (χ2v) is 4.87. The van der Waals surface area contributed by atoms with Crippen molar-refractivity contribution in [3.63, 3.8) is 0 Å². The van der Waals surface area contributed by atoms with Crippen LogP contribution in [0.2, 0.25) is 0 Å². The van der Waals surface area contributed by atoms with Crippen LogP contribution in [0.15, 0.2) is 29.8 Å². The number of hydrogen-bond donors (Lipinski definition) is 1. The molecule has 1 N–H and O–H groups in total. The van der Waals surface area contributed by atoms with Crippen LogP contribution in [0.3, 0.4) is 0 Å². The van der Waals surface area contributed by atoms with Gasteiger partial charge in [0.15, 0.2) is 0 Å². The Hall–Kier alpha value is -1.72. The number of thiazole rings is 1. The molecule has 0 fully saturated rings. The molecule has 0 unspecified atom stereocenters. The lowest BCUT2D eigenvalue weighted by molar-refractivity contribution is 0.102. The zero-order valence-electron chi connectivity index (χ0n) is 11.0. The van der Waals surface area contributed by atoms with Crippen LogP contribution < -0.4 is 5.32 Å². The molecular weight excluding hydrogens is 260 g/mol. The lowest BCUT2D eigenvalue weighted by Gasteiger charge is -2.10.